The third-order valence-corrected chi connectivity index (χ3v) is 4.29. The van der Waals surface area contributed by atoms with E-state index in [9.17, 15) is 24.3 Å². The van der Waals surface area contributed by atoms with E-state index >= 15 is 0 Å². The summed E-state index contributed by atoms with van der Waals surface area (Å²) in [5.41, 5.74) is -0.685. The number of rotatable bonds is 11. The van der Waals surface area contributed by atoms with Gasteiger partial charge >= 0.3 is 0 Å². The van der Waals surface area contributed by atoms with Gasteiger partial charge in [0.1, 0.15) is 6.04 Å². The van der Waals surface area contributed by atoms with Crippen LogP contribution in [0.25, 0.3) is 0 Å². The molecule has 0 aromatic heterocycles. The second-order valence-corrected chi connectivity index (χ2v) is 8.49. The first-order chi connectivity index (χ1) is 12.4. The molecular weight excluding hydrogens is 372 g/mol. The zero-order chi connectivity index (χ0) is 21.2. The van der Waals surface area contributed by atoms with E-state index in [1.807, 2.05) is 0 Å². The molecule has 0 aliphatic rings. The Morgan fingerprint density at radius 1 is 1.07 bits per heavy atom. The van der Waals surface area contributed by atoms with E-state index < -0.39 is 35.9 Å². The summed E-state index contributed by atoms with van der Waals surface area (Å²) >= 11 is 1.29. The summed E-state index contributed by atoms with van der Waals surface area (Å²) in [5.74, 6) is -0.842. The average Bonchev–Trinajstić information content (AvgIpc) is 2.52. The van der Waals surface area contributed by atoms with Crippen LogP contribution in [0.4, 0.5) is 0 Å². The molecule has 0 rings (SSSR count). The standard InChI is InChI=1S/C17H32N4O5S/c1-11(23)18-10-27-9-13(15(25)17(2,3)4)20-16(26)12(8-22)19-14(24)7-21(5)6/h12-13,22H,7-10H2,1-6H3,(H,18,23)(H,19,24)(H,20,26)/t12-,13-/m0/s1. The van der Waals surface area contributed by atoms with Gasteiger partial charge in [-0.2, -0.15) is 0 Å². The molecule has 0 fully saturated rings. The van der Waals surface area contributed by atoms with Crippen LogP contribution in [0.2, 0.25) is 0 Å². The number of Topliss-reactive ketones (excluding diaryl/α,β-unsaturated/α-hetero) is 1. The van der Waals surface area contributed by atoms with Crippen molar-refractivity contribution < 1.29 is 24.3 Å². The molecule has 0 aromatic carbocycles. The van der Waals surface area contributed by atoms with Crippen molar-refractivity contribution in [1.29, 1.82) is 0 Å². The lowest BCUT2D eigenvalue weighted by molar-refractivity contribution is -0.134. The maximum Gasteiger partial charge on any atom is 0.245 e. The number of amides is 3. The van der Waals surface area contributed by atoms with Crippen LogP contribution in [0.15, 0.2) is 0 Å². The predicted octanol–water partition coefficient (Wildman–Crippen LogP) is -1.05. The highest BCUT2D eigenvalue weighted by atomic mass is 32.2. The SMILES string of the molecule is CC(=O)NCSC[C@H](NC(=O)[C@H](CO)NC(=O)CN(C)C)C(=O)C(C)(C)C. The van der Waals surface area contributed by atoms with Crippen LogP contribution in [0.5, 0.6) is 0 Å². The van der Waals surface area contributed by atoms with Gasteiger partial charge in [-0.25, -0.2) is 0 Å². The van der Waals surface area contributed by atoms with E-state index in [0.29, 0.717) is 5.88 Å². The molecule has 2 atom stereocenters. The second kappa shape index (κ2) is 11.9. The maximum absolute atomic E-state index is 12.6. The lowest BCUT2D eigenvalue weighted by Crippen LogP contribution is -2.56. The molecule has 0 saturated carbocycles. The Bertz CT molecular complexity index is 534. The minimum atomic E-state index is -1.15. The van der Waals surface area contributed by atoms with E-state index in [0.717, 1.165) is 0 Å². The first kappa shape index (κ1) is 25.4. The zero-order valence-electron chi connectivity index (χ0n) is 16.9. The highest BCUT2D eigenvalue weighted by Gasteiger charge is 2.32. The molecule has 4 N–H and O–H groups in total. The third-order valence-electron chi connectivity index (χ3n) is 3.37. The number of hydrogen-bond acceptors (Lipinski definition) is 7. The molecule has 0 spiro atoms. The number of nitrogens with one attached hydrogen (secondary N) is 3. The number of carbonyl (C=O) groups is 4. The molecule has 0 heterocycles. The van der Waals surface area contributed by atoms with Crippen molar-refractivity contribution in [3.8, 4) is 0 Å². The fraction of sp³-hybridized carbons (Fsp3) is 0.765. The molecule has 0 bridgehead atoms. The summed E-state index contributed by atoms with van der Waals surface area (Å²) in [6.07, 6.45) is 0. The van der Waals surface area contributed by atoms with E-state index in [1.165, 1.54) is 18.7 Å². The summed E-state index contributed by atoms with van der Waals surface area (Å²) in [6, 6.07) is -1.95. The summed E-state index contributed by atoms with van der Waals surface area (Å²) < 4.78 is 0. The van der Waals surface area contributed by atoms with Crippen molar-refractivity contribution in [3.63, 3.8) is 0 Å². The third kappa shape index (κ3) is 10.9. The Morgan fingerprint density at radius 3 is 2.11 bits per heavy atom. The van der Waals surface area contributed by atoms with Gasteiger partial charge in [-0.3, -0.25) is 19.2 Å². The van der Waals surface area contributed by atoms with Gasteiger partial charge in [0.05, 0.1) is 25.1 Å². The van der Waals surface area contributed by atoms with Crippen molar-refractivity contribution in [2.75, 3.05) is 38.9 Å². The van der Waals surface area contributed by atoms with Crippen LogP contribution in [-0.2, 0) is 19.2 Å². The van der Waals surface area contributed by atoms with Crippen molar-refractivity contribution in [2.45, 2.75) is 39.8 Å². The molecule has 27 heavy (non-hydrogen) atoms. The lowest BCUT2D eigenvalue weighted by Gasteiger charge is -2.27. The Kier molecular flexibility index (Phi) is 11.2. The Labute approximate surface area is 165 Å². The quantitative estimate of drug-likeness (QED) is 0.256. The van der Waals surface area contributed by atoms with Crippen molar-refractivity contribution in [2.24, 2.45) is 5.41 Å². The predicted molar refractivity (Wildman–Crippen MR) is 105 cm³/mol. The summed E-state index contributed by atoms with van der Waals surface area (Å²) in [7, 11) is 3.41. The number of likely N-dealkylation sites (N-methyl/N-ethyl adjacent to an activating group) is 1. The monoisotopic (exact) mass is 404 g/mol. The van der Waals surface area contributed by atoms with Gasteiger partial charge in [0.2, 0.25) is 17.7 Å². The molecule has 156 valence electrons. The molecule has 9 nitrogen and oxygen atoms in total. The molecule has 0 radical (unpaired) electrons. The smallest absolute Gasteiger partial charge is 0.245 e. The Hall–Kier alpha value is -1.65. The molecule has 0 unspecified atom stereocenters. The highest BCUT2D eigenvalue weighted by Crippen LogP contribution is 2.19. The topological polar surface area (TPSA) is 128 Å². The summed E-state index contributed by atoms with van der Waals surface area (Å²) in [4.78, 5) is 49.5. The van der Waals surface area contributed by atoms with Gasteiger partial charge in [0.15, 0.2) is 5.78 Å². The maximum atomic E-state index is 12.6. The normalized spacial score (nSPS) is 13.6. The van der Waals surface area contributed by atoms with Crippen LogP contribution < -0.4 is 16.0 Å². The van der Waals surface area contributed by atoms with E-state index in [4.69, 9.17) is 0 Å². The van der Waals surface area contributed by atoms with Crippen molar-refractivity contribution in [3.05, 3.63) is 0 Å². The molecule has 10 heteroatoms. The molecular formula is C17H32N4O5S. The van der Waals surface area contributed by atoms with Gasteiger partial charge in [0, 0.05) is 18.1 Å². The van der Waals surface area contributed by atoms with Crippen LogP contribution in [0.1, 0.15) is 27.7 Å². The van der Waals surface area contributed by atoms with E-state index in [2.05, 4.69) is 16.0 Å². The molecule has 0 aliphatic carbocycles. The number of nitrogens with zero attached hydrogens (tertiary/aromatic N) is 1. The summed E-state index contributed by atoms with van der Waals surface area (Å²) in [5, 5.41) is 17.1. The molecule has 0 aromatic rings. The van der Waals surface area contributed by atoms with Gasteiger partial charge in [-0.15, -0.1) is 11.8 Å². The number of carbonyl (C=O) groups excluding carboxylic acids is 4. The molecule has 3 amide bonds. The largest absolute Gasteiger partial charge is 0.394 e. The molecule has 0 saturated heterocycles. The van der Waals surface area contributed by atoms with Crippen molar-refractivity contribution in [1.82, 2.24) is 20.9 Å². The number of aliphatic hydroxyl groups excluding tert-OH is 1. The average molecular weight is 405 g/mol. The van der Waals surface area contributed by atoms with Crippen LogP contribution in [0, 0.1) is 5.41 Å². The van der Waals surface area contributed by atoms with Crippen LogP contribution in [0.3, 0.4) is 0 Å². The number of ketones is 1. The molecule has 0 aliphatic heterocycles. The Balaban J connectivity index is 4.98. The minimum Gasteiger partial charge on any atom is -0.394 e. The second-order valence-electron chi connectivity index (χ2n) is 7.46. The zero-order valence-corrected chi connectivity index (χ0v) is 17.7. The van der Waals surface area contributed by atoms with Gasteiger partial charge in [-0.1, -0.05) is 20.8 Å². The lowest BCUT2D eigenvalue weighted by atomic mass is 9.87. The van der Waals surface area contributed by atoms with Crippen LogP contribution >= 0.6 is 11.8 Å². The fourth-order valence-electron chi connectivity index (χ4n) is 2.03. The fourth-order valence-corrected chi connectivity index (χ4v) is 2.92. The number of hydrogen-bond donors (Lipinski definition) is 4. The van der Waals surface area contributed by atoms with E-state index in [1.54, 1.807) is 39.8 Å². The van der Waals surface area contributed by atoms with Gasteiger partial charge < -0.3 is 26.0 Å². The van der Waals surface area contributed by atoms with Gasteiger partial charge in [0.25, 0.3) is 0 Å². The highest BCUT2D eigenvalue weighted by molar-refractivity contribution is 7.99. The minimum absolute atomic E-state index is 0.0701. The first-order valence-corrected chi connectivity index (χ1v) is 9.75. The first-order valence-electron chi connectivity index (χ1n) is 8.60. The van der Waals surface area contributed by atoms with Crippen LogP contribution in [-0.4, -0.2) is 84.5 Å². The van der Waals surface area contributed by atoms with E-state index in [-0.39, 0.29) is 24.0 Å². The summed E-state index contributed by atoms with van der Waals surface area (Å²) in [6.45, 7) is 6.11. The Morgan fingerprint density at radius 2 is 1.67 bits per heavy atom. The van der Waals surface area contributed by atoms with Crippen molar-refractivity contribution >= 4 is 35.3 Å². The van der Waals surface area contributed by atoms with Gasteiger partial charge in [-0.05, 0) is 14.1 Å². The number of thioether (sulfide) groups is 1. The number of aliphatic hydroxyl groups is 1.